The van der Waals surface area contributed by atoms with Crippen LogP contribution < -0.4 is 5.56 Å². The molecule has 3 aromatic rings. The molecule has 0 saturated heterocycles. The molecule has 0 amide bonds. The van der Waals surface area contributed by atoms with Crippen molar-refractivity contribution >= 4 is 11.0 Å². The van der Waals surface area contributed by atoms with Gasteiger partial charge in [-0.05, 0) is 37.1 Å². The average molecular weight is 337 g/mol. The molecule has 0 N–H and O–H groups in total. The van der Waals surface area contributed by atoms with Gasteiger partial charge in [0, 0.05) is 19.6 Å². The van der Waals surface area contributed by atoms with Crippen LogP contribution in [0.15, 0.2) is 51.9 Å². The molecule has 1 fully saturated rings. The maximum Gasteiger partial charge on any atom is 0.273 e. The molecule has 130 valence electrons. The summed E-state index contributed by atoms with van der Waals surface area (Å²) in [7, 11) is 1.82. The third kappa shape index (κ3) is 3.24. The highest BCUT2D eigenvalue weighted by atomic mass is 16.3. The van der Waals surface area contributed by atoms with Gasteiger partial charge in [0.1, 0.15) is 11.5 Å². The molecule has 0 bridgehead atoms. The van der Waals surface area contributed by atoms with Crippen LogP contribution >= 0.6 is 0 Å². The van der Waals surface area contributed by atoms with Gasteiger partial charge in [0.15, 0.2) is 0 Å². The van der Waals surface area contributed by atoms with Gasteiger partial charge in [0.2, 0.25) is 0 Å². The van der Waals surface area contributed by atoms with Gasteiger partial charge in [-0.15, -0.1) is 0 Å². The van der Waals surface area contributed by atoms with E-state index in [0.717, 1.165) is 23.3 Å². The molecule has 2 aromatic heterocycles. The highest BCUT2D eigenvalue weighted by molar-refractivity contribution is 5.74. The van der Waals surface area contributed by atoms with Crippen LogP contribution in [0.4, 0.5) is 0 Å². The predicted octanol–water partition coefficient (Wildman–Crippen LogP) is 3.47. The van der Waals surface area contributed by atoms with Crippen molar-refractivity contribution < 1.29 is 4.42 Å². The smallest absolute Gasteiger partial charge is 0.273 e. The molecule has 0 radical (unpaired) electrons. The number of aryl methyl sites for hydroxylation is 1. The lowest BCUT2D eigenvalue weighted by molar-refractivity contribution is 0.164. The number of rotatable bonds is 5. The maximum absolute atomic E-state index is 12.8. The van der Waals surface area contributed by atoms with Crippen LogP contribution in [0.1, 0.15) is 37.1 Å². The Labute approximate surface area is 146 Å². The first-order valence-electron chi connectivity index (χ1n) is 8.93. The third-order valence-electron chi connectivity index (χ3n) is 5.18. The Kier molecular flexibility index (Phi) is 4.40. The quantitative estimate of drug-likeness (QED) is 0.715. The summed E-state index contributed by atoms with van der Waals surface area (Å²) >= 11 is 0. The molecule has 0 spiro atoms. The molecule has 5 heteroatoms. The van der Waals surface area contributed by atoms with E-state index in [-0.39, 0.29) is 5.56 Å². The van der Waals surface area contributed by atoms with Crippen molar-refractivity contribution in [2.45, 2.75) is 44.8 Å². The minimum absolute atomic E-state index is 0.0128. The van der Waals surface area contributed by atoms with Gasteiger partial charge in [-0.3, -0.25) is 9.69 Å². The van der Waals surface area contributed by atoms with E-state index in [0.29, 0.717) is 18.3 Å². The minimum atomic E-state index is -0.0128. The van der Waals surface area contributed by atoms with Crippen LogP contribution in [0, 0.1) is 0 Å². The molecular weight excluding hydrogens is 314 g/mol. The topological polar surface area (TPSA) is 51.3 Å². The second kappa shape index (κ2) is 6.84. The van der Waals surface area contributed by atoms with Crippen LogP contribution in [0.25, 0.3) is 11.0 Å². The molecule has 1 aliphatic rings. The number of aromatic nitrogens is 2. The highest BCUT2D eigenvalue weighted by Crippen LogP contribution is 2.26. The Morgan fingerprint density at radius 1 is 1.16 bits per heavy atom. The van der Waals surface area contributed by atoms with Crippen LogP contribution in [-0.4, -0.2) is 20.5 Å². The van der Waals surface area contributed by atoms with Gasteiger partial charge >= 0.3 is 0 Å². The first kappa shape index (κ1) is 16.1. The number of fused-ring (bicyclic) bond motifs is 1. The number of furan rings is 1. The SMILES string of the molecule is Cn1c(=O)c(CN(Cc2ccco2)C2CCCC2)nc2ccccc21. The van der Waals surface area contributed by atoms with Gasteiger partial charge < -0.3 is 8.98 Å². The Bertz CT molecular complexity index is 908. The molecule has 5 nitrogen and oxygen atoms in total. The van der Waals surface area contributed by atoms with Gasteiger partial charge in [0.25, 0.3) is 5.56 Å². The summed E-state index contributed by atoms with van der Waals surface area (Å²) in [6, 6.07) is 12.2. The fraction of sp³-hybridized carbons (Fsp3) is 0.400. The Hall–Kier alpha value is -2.40. The third-order valence-corrected chi connectivity index (χ3v) is 5.18. The number of hydrogen-bond donors (Lipinski definition) is 0. The normalized spacial score (nSPS) is 15.4. The second-order valence-corrected chi connectivity index (χ2v) is 6.83. The fourth-order valence-corrected chi connectivity index (χ4v) is 3.82. The molecular formula is C20H23N3O2. The summed E-state index contributed by atoms with van der Waals surface area (Å²) in [6.07, 6.45) is 6.56. The lowest BCUT2D eigenvalue weighted by atomic mass is 10.2. The molecule has 0 unspecified atom stereocenters. The van der Waals surface area contributed by atoms with Crippen LogP contribution in [-0.2, 0) is 20.1 Å². The highest BCUT2D eigenvalue weighted by Gasteiger charge is 2.25. The number of para-hydroxylation sites is 2. The molecule has 1 aliphatic carbocycles. The molecule has 25 heavy (non-hydrogen) atoms. The van der Waals surface area contributed by atoms with Crippen molar-refractivity contribution in [3.8, 4) is 0 Å². The molecule has 0 aliphatic heterocycles. The first-order chi connectivity index (χ1) is 12.2. The zero-order chi connectivity index (χ0) is 17.2. The van der Waals surface area contributed by atoms with E-state index in [4.69, 9.17) is 4.42 Å². The van der Waals surface area contributed by atoms with E-state index in [2.05, 4.69) is 9.88 Å². The number of hydrogen-bond acceptors (Lipinski definition) is 4. The lowest BCUT2D eigenvalue weighted by Gasteiger charge is -2.27. The van der Waals surface area contributed by atoms with Gasteiger partial charge in [-0.25, -0.2) is 4.98 Å². The molecule has 2 heterocycles. The summed E-state index contributed by atoms with van der Waals surface area (Å²) in [5.74, 6) is 0.935. The Morgan fingerprint density at radius 2 is 1.96 bits per heavy atom. The van der Waals surface area contributed by atoms with Crippen molar-refractivity contribution in [2.75, 3.05) is 0 Å². The second-order valence-electron chi connectivity index (χ2n) is 6.83. The first-order valence-corrected chi connectivity index (χ1v) is 8.93. The van der Waals surface area contributed by atoms with E-state index in [9.17, 15) is 4.79 Å². The number of nitrogens with zero attached hydrogens (tertiary/aromatic N) is 3. The van der Waals surface area contributed by atoms with Gasteiger partial charge in [-0.1, -0.05) is 25.0 Å². The van der Waals surface area contributed by atoms with E-state index < -0.39 is 0 Å². The van der Waals surface area contributed by atoms with Gasteiger partial charge in [-0.2, -0.15) is 0 Å². The van der Waals surface area contributed by atoms with Gasteiger partial charge in [0.05, 0.1) is 23.8 Å². The van der Waals surface area contributed by atoms with Crippen LogP contribution in [0.5, 0.6) is 0 Å². The van der Waals surface area contributed by atoms with Crippen molar-refractivity contribution in [2.24, 2.45) is 7.05 Å². The maximum atomic E-state index is 12.8. The summed E-state index contributed by atoms with van der Waals surface area (Å²) in [5, 5.41) is 0. The molecule has 4 rings (SSSR count). The monoisotopic (exact) mass is 337 g/mol. The molecule has 1 aromatic carbocycles. The van der Waals surface area contributed by atoms with Crippen LogP contribution in [0.3, 0.4) is 0 Å². The Balaban J connectivity index is 1.68. The predicted molar refractivity (Wildman–Crippen MR) is 97.2 cm³/mol. The molecule has 0 atom stereocenters. The van der Waals surface area contributed by atoms with Crippen molar-refractivity contribution in [3.63, 3.8) is 0 Å². The summed E-state index contributed by atoms with van der Waals surface area (Å²) in [4.78, 5) is 19.8. The summed E-state index contributed by atoms with van der Waals surface area (Å²) < 4.78 is 7.25. The summed E-state index contributed by atoms with van der Waals surface area (Å²) in [6.45, 7) is 1.28. The van der Waals surface area contributed by atoms with E-state index in [1.807, 2.05) is 43.4 Å². The van der Waals surface area contributed by atoms with Crippen LogP contribution in [0.2, 0.25) is 0 Å². The minimum Gasteiger partial charge on any atom is -0.468 e. The van der Waals surface area contributed by atoms with E-state index >= 15 is 0 Å². The zero-order valence-electron chi connectivity index (χ0n) is 14.5. The standard InChI is InChI=1S/C20H23N3O2/c1-22-19-11-5-4-10-17(19)21-18(20(22)24)14-23(15-7-2-3-8-15)13-16-9-6-12-25-16/h4-6,9-12,15H,2-3,7-8,13-14H2,1H3. The fourth-order valence-electron chi connectivity index (χ4n) is 3.82. The summed E-state index contributed by atoms with van der Waals surface area (Å²) in [5.41, 5.74) is 2.33. The van der Waals surface area contributed by atoms with E-state index in [1.54, 1.807) is 10.8 Å². The Morgan fingerprint density at radius 3 is 2.72 bits per heavy atom. The van der Waals surface area contributed by atoms with Crippen molar-refractivity contribution in [3.05, 3.63) is 64.5 Å². The average Bonchev–Trinajstić information content (AvgIpc) is 3.32. The number of benzene rings is 1. The zero-order valence-corrected chi connectivity index (χ0v) is 14.5. The molecule has 1 saturated carbocycles. The van der Waals surface area contributed by atoms with Crippen molar-refractivity contribution in [1.29, 1.82) is 0 Å². The largest absolute Gasteiger partial charge is 0.468 e. The van der Waals surface area contributed by atoms with Crippen molar-refractivity contribution in [1.82, 2.24) is 14.5 Å². The lowest BCUT2D eigenvalue weighted by Crippen LogP contribution is -2.36. The van der Waals surface area contributed by atoms with E-state index in [1.165, 1.54) is 25.7 Å².